The van der Waals surface area contributed by atoms with E-state index in [-0.39, 0.29) is 24.7 Å². The number of fused-ring (bicyclic) bond motifs is 3. The van der Waals surface area contributed by atoms with Crippen molar-refractivity contribution in [3.63, 3.8) is 0 Å². The van der Waals surface area contributed by atoms with Crippen LogP contribution in [0.15, 0.2) is 72.8 Å². The maximum atomic E-state index is 12.4. The number of rotatable bonds is 7. The van der Waals surface area contributed by atoms with Crippen molar-refractivity contribution < 1.29 is 24.5 Å². The van der Waals surface area contributed by atoms with Gasteiger partial charge in [-0.25, -0.2) is 9.59 Å². The number of carbonyl (C=O) groups is 2. The highest BCUT2D eigenvalue weighted by Crippen LogP contribution is 2.44. The molecule has 158 valence electrons. The molecule has 0 saturated heterocycles. The van der Waals surface area contributed by atoms with Crippen LogP contribution in [0.3, 0.4) is 0 Å². The first-order valence-corrected chi connectivity index (χ1v) is 10.2. The first-order valence-electron chi connectivity index (χ1n) is 10.2. The number of carboxylic acid groups (broad SMARTS) is 1. The molecule has 4 rings (SSSR count). The number of aryl methyl sites for hydroxylation is 1. The van der Waals surface area contributed by atoms with Gasteiger partial charge in [0.05, 0.1) is 0 Å². The third-order valence-electron chi connectivity index (χ3n) is 5.63. The predicted octanol–water partition coefficient (Wildman–Crippen LogP) is 4.32. The van der Waals surface area contributed by atoms with Crippen molar-refractivity contribution in [3.05, 3.63) is 89.5 Å². The normalized spacial score (nSPS) is 13.2. The average molecular weight is 417 g/mol. The van der Waals surface area contributed by atoms with E-state index < -0.39 is 18.1 Å². The second-order valence-corrected chi connectivity index (χ2v) is 7.53. The molecule has 0 aromatic heterocycles. The number of para-hydroxylation sites is 1. The molecule has 0 heterocycles. The highest BCUT2D eigenvalue weighted by Gasteiger charge is 2.29. The summed E-state index contributed by atoms with van der Waals surface area (Å²) in [6.07, 6.45) is -0.323. The lowest BCUT2D eigenvalue weighted by atomic mass is 9.98. The summed E-state index contributed by atoms with van der Waals surface area (Å²) in [5.41, 5.74) is 5.05. The summed E-state index contributed by atoms with van der Waals surface area (Å²) in [5.74, 6) is -1.14. The zero-order valence-corrected chi connectivity index (χ0v) is 16.8. The van der Waals surface area contributed by atoms with Crippen LogP contribution in [0.4, 0.5) is 4.79 Å². The van der Waals surface area contributed by atoms with Crippen molar-refractivity contribution >= 4 is 12.1 Å². The largest absolute Gasteiger partial charge is 0.508 e. The Labute approximate surface area is 180 Å². The maximum absolute atomic E-state index is 12.4. The number of aliphatic carboxylic acids is 1. The molecule has 6 heteroatoms. The number of hydrogen-bond donors (Lipinski definition) is 3. The highest BCUT2D eigenvalue weighted by atomic mass is 16.5. The van der Waals surface area contributed by atoms with Crippen LogP contribution >= 0.6 is 0 Å². The van der Waals surface area contributed by atoms with Gasteiger partial charge in [-0.15, -0.1) is 0 Å². The molecule has 0 aliphatic heterocycles. The lowest BCUT2D eigenvalue weighted by molar-refractivity contribution is -0.139. The van der Waals surface area contributed by atoms with E-state index >= 15 is 0 Å². The molecule has 1 atom stereocenters. The van der Waals surface area contributed by atoms with E-state index in [9.17, 15) is 19.8 Å². The zero-order valence-electron chi connectivity index (χ0n) is 16.8. The van der Waals surface area contributed by atoms with Crippen LogP contribution in [0.1, 0.15) is 29.0 Å². The molecule has 6 nitrogen and oxygen atoms in total. The zero-order chi connectivity index (χ0) is 21.8. The third kappa shape index (κ3) is 4.38. The monoisotopic (exact) mass is 417 g/mol. The minimum Gasteiger partial charge on any atom is -0.508 e. The number of amides is 1. The van der Waals surface area contributed by atoms with Gasteiger partial charge in [-0.2, -0.15) is 0 Å². The number of alkyl carbamates (subject to hydrolysis) is 1. The summed E-state index contributed by atoms with van der Waals surface area (Å²) in [5, 5.41) is 21.8. The molecule has 31 heavy (non-hydrogen) atoms. The molecule has 3 N–H and O–H groups in total. The van der Waals surface area contributed by atoms with Gasteiger partial charge >= 0.3 is 12.1 Å². The van der Waals surface area contributed by atoms with E-state index in [1.165, 1.54) is 0 Å². The van der Waals surface area contributed by atoms with Crippen LogP contribution in [0.2, 0.25) is 0 Å². The Morgan fingerprint density at radius 3 is 2.10 bits per heavy atom. The van der Waals surface area contributed by atoms with E-state index in [2.05, 4.69) is 5.32 Å². The van der Waals surface area contributed by atoms with E-state index in [1.807, 2.05) is 48.5 Å². The third-order valence-corrected chi connectivity index (χ3v) is 5.63. The van der Waals surface area contributed by atoms with Crippen LogP contribution in [0.5, 0.6) is 5.75 Å². The van der Waals surface area contributed by atoms with E-state index in [0.717, 1.165) is 22.3 Å². The Morgan fingerprint density at radius 1 is 0.903 bits per heavy atom. The topological polar surface area (TPSA) is 95.9 Å². The lowest BCUT2D eigenvalue weighted by Crippen LogP contribution is -2.41. The molecule has 3 aromatic carbocycles. The van der Waals surface area contributed by atoms with Crippen molar-refractivity contribution in [2.45, 2.75) is 24.8 Å². The summed E-state index contributed by atoms with van der Waals surface area (Å²) in [6.45, 7) is 0.117. The van der Waals surface area contributed by atoms with Gasteiger partial charge < -0.3 is 20.3 Å². The van der Waals surface area contributed by atoms with Crippen molar-refractivity contribution in [2.75, 3.05) is 6.61 Å². The Bertz CT molecular complexity index is 1060. The fourth-order valence-electron chi connectivity index (χ4n) is 4.06. The Balaban J connectivity index is 1.39. The summed E-state index contributed by atoms with van der Waals surface area (Å²) in [7, 11) is 0. The number of nitrogens with one attached hydrogen (secondary N) is 1. The fraction of sp³-hybridized carbons (Fsp3) is 0.200. The van der Waals surface area contributed by atoms with Gasteiger partial charge in [0.25, 0.3) is 0 Å². The predicted molar refractivity (Wildman–Crippen MR) is 116 cm³/mol. The average Bonchev–Trinajstić information content (AvgIpc) is 3.10. The number of phenolic OH excluding ortho intramolecular Hbond substituents is 1. The van der Waals surface area contributed by atoms with Crippen molar-refractivity contribution in [2.24, 2.45) is 0 Å². The van der Waals surface area contributed by atoms with Crippen LogP contribution in [-0.2, 0) is 16.0 Å². The van der Waals surface area contributed by atoms with Gasteiger partial charge in [-0.1, -0.05) is 66.7 Å². The second kappa shape index (κ2) is 8.92. The molecule has 0 spiro atoms. The standard InChI is InChI=1S/C25H23NO5/c27-23-12-6-1-7-16(23)13-14-22(24(28)29)26-25(30)31-15-21-19-10-4-2-8-17(19)18-9-3-5-11-20(18)21/h1-12,21-22,27H,13-15H2,(H,26,30)(H,28,29)/t22-/m0/s1. The van der Waals surface area contributed by atoms with Crippen molar-refractivity contribution in [3.8, 4) is 16.9 Å². The van der Waals surface area contributed by atoms with Gasteiger partial charge in [0.2, 0.25) is 0 Å². The summed E-state index contributed by atoms with van der Waals surface area (Å²) >= 11 is 0. The van der Waals surface area contributed by atoms with E-state index in [1.54, 1.807) is 24.3 Å². The number of ether oxygens (including phenoxy) is 1. The molecular weight excluding hydrogens is 394 g/mol. The molecule has 1 aliphatic carbocycles. The van der Waals surface area contributed by atoms with Gasteiger partial charge in [-0.3, -0.25) is 0 Å². The van der Waals surface area contributed by atoms with Crippen LogP contribution in [0, 0.1) is 0 Å². The summed E-state index contributed by atoms with van der Waals surface area (Å²) in [6, 6.07) is 21.6. The van der Waals surface area contributed by atoms with Gasteiger partial charge in [0, 0.05) is 5.92 Å². The van der Waals surface area contributed by atoms with Gasteiger partial charge in [-0.05, 0) is 46.7 Å². The number of hydrogen-bond acceptors (Lipinski definition) is 4. The first kappa shape index (κ1) is 20.5. The molecule has 3 aromatic rings. The molecule has 0 bridgehead atoms. The highest BCUT2D eigenvalue weighted by molar-refractivity contribution is 5.81. The number of phenols is 1. The first-order chi connectivity index (χ1) is 15.0. The van der Waals surface area contributed by atoms with Gasteiger partial charge in [0.15, 0.2) is 0 Å². The van der Waals surface area contributed by atoms with Crippen LogP contribution in [-0.4, -0.2) is 34.9 Å². The Hall–Kier alpha value is -3.80. The van der Waals surface area contributed by atoms with Gasteiger partial charge in [0.1, 0.15) is 18.4 Å². The number of carboxylic acids is 1. The number of aromatic hydroxyl groups is 1. The number of carbonyl (C=O) groups excluding carboxylic acids is 1. The fourth-order valence-corrected chi connectivity index (χ4v) is 4.06. The van der Waals surface area contributed by atoms with Crippen LogP contribution in [0.25, 0.3) is 11.1 Å². The van der Waals surface area contributed by atoms with Crippen molar-refractivity contribution in [1.29, 1.82) is 0 Å². The minimum atomic E-state index is -1.15. The molecule has 1 aliphatic rings. The van der Waals surface area contributed by atoms with E-state index in [0.29, 0.717) is 12.0 Å². The van der Waals surface area contributed by atoms with Crippen LogP contribution < -0.4 is 5.32 Å². The second-order valence-electron chi connectivity index (χ2n) is 7.53. The molecular formula is C25H23NO5. The SMILES string of the molecule is O=C(N[C@@H](CCc1ccccc1O)C(=O)O)OCC1c2ccccc2-c2ccccc21. The smallest absolute Gasteiger partial charge is 0.407 e. The van der Waals surface area contributed by atoms with Crippen molar-refractivity contribution in [1.82, 2.24) is 5.32 Å². The quantitative estimate of drug-likeness (QED) is 0.532. The Kier molecular flexibility index (Phi) is 5.89. The van der Waals surface area contributed by atoms with E-state index in [4.69, 9.17) is 4.74 Å². The Morgan fingerprint density at radius 2 is 1.48 bits per heavy atom. The molecule has 0 unspecified atom stereocenters. The maximum Gasteiger partial charge on any atom is 0.407 e. The summed E-state index contributed by atoms with van der Waals surface area (Å²) in [4.78, 5) is 24.0. The molecule has 0 radical (unpaired) electrons. The molecule has 1 amide bonds. The lowest BCUT2D eigenvalue weighted by Gasteiger charge is -2.17. The number of benzene rings is 3. The summed E-state index contributed by atoms with van der Waals surface area (Å²) < 4.78 is 5.43. The minimum absolute atomic E-state index is 0.0947. The molecule has 0 fully saturated rings. The molecule has 0 saturated carbocycles.